The van der Waals surface area contributed by atoms with Gasteiger partial charge in [-0.1, -0.05) is 12.1 Å². The molecule has 106 valence electrons. The standard InChI is InChI=1S/C16H19FN2O/c17-14-4-1-3-13(11-14)12-20-16-7-5-15(6-8-16)19-10-2-9-18/h1,3-8,11,19H,2,9-10,12,18H2. The van der Waals surface area contributed by atoms with E-state index in [0.717, 1.165) is 30.0 Å². The van der Waals surface area contributed by atoms with Crippen LogP contribution in [0.4, 0.5) is 10.1 Å². The van der Waals surface area contributed by atoms with Crippen molar-refractivity contribution in [1.82, 2.24) is 0 Å². The minimum Gasteiger partial charge on any atom is -0.489 e. The van der Waals surface area contributed by atoms with Gasteiger partial charge in [-0.25, -0.2) is 4.39 Å². The SMILES string of the molecule is NCCCNc1ccc(OCc2cccc(F)c2)cc1. The highest BCUT2D eigenvalue weighted by atomic mass is 19.1. The molecule has 20 heavy (non-hydrogen) atoms. The van der Waals surface area contributed by atoms with Gasteiger partial charge in [0.2, 0.25) is 0 Å². The molecule has 0 bridgehead atoms. The third kappa shape index (κ3) is 4.55. The summed E-state index contributed by atoms with van der Waals surface area (Å²) in [6.07, 6.45) is 0.942. The molecule has 0 aliphatic carbocycles. The number of benzene rings is 2. The van der Waals surface area contributed by atoms with Crippen molar-refractivity contribution >= 4 is 5.69 Å². The lowest BCUT2D eigenvalue weighted by atomic mass is 10.2. The van der Waals surface area contributed by atoms with Gasteiger partial charge in [0.1, 0.15) is 18.2 Å². The number of hydrogen-bond acceptors (Lipinski definition) is 3. The van der Waals surface area contributed by atoms with Crippen LogP contribution >= 0.6 is 0 Å². The quantitative estimate of drug-likeness (QED) is 0.762. The predicted octanol–water partition coefficient (Wildman–Crippen LogP) is 3.17. The second-order valence-corrected chi connectivity index (χ2v) is 4.51. The molecule has 0 heterocycles. The van der Waals surface area contributed by atoms with E-state index < -0.39 is 0 Å². The van der Waals surface area contributed by atoms with Gasteiger partial charge in [-0.15, -0.1) is 0 Å². The van der Waals surface area contributed by atoms with Crippen molar-refractivity contribution < 1.29 is 9.13 Å². The van der Waals surface area contributed by atoms with E-state index in [1.807, 2.05) is 30.3 Å². The smallest absolute Gasteiger partial charge is 0.123 e. The maximum absolute atomic E-state index is 13.0. The van der Waals surface area contributed by atoms with E-state index in [1.54, 1.807) is 6.07 Å². The fourth-order valence-electron chi connectivity index (χ4n) is 1.80. The molecular weight excluding hydrogens is 255 g/mol. The van der Waals surface area contributed by atoms with Gasteiger partial charge >= 0.3 is 0 Å². The molecule has 0 fully saturated rings. The molecule has 2 rings (SSSR count). The molecule has 0 saturated carbocycles. The van der Waals surface area contributed by atoms with Crippen LogP contribution in [0.2, 0.25) is 0 Å². The van der Waals surface area contributed by atoms with Gasteiger partial charge in [-0.05, 0) is 54.9 Å². The highest BCUT2D eigenvalue weighted by molar-refractivity contribution is 5.46. The zero-order chi connectivity index (χ0) is 14.2. The van der Waals surface area contributed by atoms with Crippen molar-refractivity contribution in [1.29, 1.82) is 0 Å². The van der Waals surface area contributed by atoms with Gasteiger partial charge in [-0.2, -0.15) is 0 Å². The maximum Gasteiger partial charge on any atom is 0.123 e. The molecule has 0 radical (unpaired) electrons. The molecule has 4 heteroatoms. The summed E-state index contributed by atoms with van der Waals surface area (Å²) in [5, 5.41) is 3.27. The molecule has 2 aromatic carbocycles. The second-order valence-electron chi connectivity index (χ2n) is 4.51. The van der Waals surface area contributed by atoms with Crippen molar-refractivity contribution in [2.24, 2.45) is 5.73 Å². The molecule has 0 spiro atoms. The Morgan fingerprint density at radius 1 is 1.10 bits per heavy atom. The van der Waals surface area contributed by atoms with Gasteiger partial charge in [0.15, 0.2) is 0 Å². The summed E-state index contributed by atoms with van der Waals surface area (Å²) < 4.78 is 18.6. The molecular formula is C16H19FN2O. The first-order valence-corrected chi connectivity index (χ1v) is 6.69. The first kappa shape index (κ1) is 14.3. The lowest BCUT2D eigenvalue weighted by Gasteiger charge is -2.09. The van der Waals surface area contributed by atoms with E-state index in [4.69, 9.17) is 10.5 Å². The van der Waals surface area contributed by atoms with E-state index in [1.165, 1.54) is 12.1 Å². The Balaban J connectivity index is 1.84. The zero-order valence-corrected chi connectivity index (χ0v) is 11.3. The van der Waals surface area contributed by atoms with E-state index >= 15 is 0 Å². The zero-order valence-electron chi connectivity index (χ0n) is 11.3. The monoisotopic (exact) mass is 274 g/mol. The average molecular weight is 274 g/mol. The van der Waals surface area contributed by atoms with Crippen LogP contribution in [0.15, 0.2) is 48.5 Å². The fourth-order valence-corrected chi connectivity index (χ4v) is 1.80. The van der Waals surface area contributed by atoms with Gasteiger partial charge in [-0.3, -0.25) is 0 Å². The largest absolute Gasteiger partial charge is 0.489 e. The van der Waals surface area contributed by atoms with E-state index in [-0.39, 0.29) is 5.82 Å². The Morgan fingerprint density at radius 2 is 1.90 bits per heavy atom. The third-order valence-electron chi connectivity index (χ3n) is 2.86. The molecule has 0 aliphatic heterocycles. The van der Waals surface area contributed by atoms with Crippen LogP contribution in [0.1, 0.15) is 12.0 Å². The number of nitrogens with one attached hydrogen (secondary N) is 1. The molecule has 0 unspecified atom stereocenters. The summed E-state index contributed by atoms with van der Waals surface area (Å²) in [5.74, 6) is 0.518. The van der Waals surface area contributed by atoms with Gasteiger partial charge in [0, 0.05) is 12.2 Å². The lowest BCUT2D eigenvalue weighted by Crippen LogP contribution is -2.08. The first-order valence-electron chi connectivity index (χ1n) is 6.69. The summed E-state index contributed by atoms with van der Waals surface area (Å²) in [7, 11) is 0. The molecule has 2 aromatic rings. The minimum atomic E-state index is -0.245. The van der Waals surface area contributed by atoms with E-state index in [2.05, 4.69) is 5.32 Å². The number of hydrogen-bond donors (Lipinski definition) is 2. The maximum atomic E-state index is 13.0. The summed E-state index contributed by atoms with van der Waals surface area (Å²) in [6, 6.07) is 14.1. The average Bonchev–Trinajstić information content (AvgIpc) is 2.47. The van der Waals surface area contributed by atoms with Crippen LogP contribution in [-0.4, -0.2) is 13.1 Å². The van der Waals surface area contributed by atoms with Crippen molar-refractivity contribution in [3.8, 4) is 5.75 Å². The summed E-state index contributed by atoms with van der Waals surface area (Å²) in [6.45, 7) is 1.90. The highest BCUT2D eigenvalue weighted by Crippen LogP contribution is 2.17. The van der Waals surface area contributed by atoms with Crippen LogP contribution in [0.5, 0.6) is 5.75 Å². The van der Waals surface area contributed by atoms with Crippen LogP contribution in [0.3, 0.4) is 0 Å². The lowest BCUT2D eigenvalue weighted by molar-refractivity contribution is 0.305. The Labute approximate surface area is 118 Å². The first-order chi connectivity index (χ1) is 9.78. The van der Waals surface area contributed by atoms with Crippen molar-refractivity contribution in [2.45, 2.75) is 13.0 Å². The minimum absolute atomic E-state index is 0.245. The van der Waals surface area contributed by atoms with Crippen LogP contribution < -0.4 is 15.8 Å². The molecule has 0 amide bonds. The van der Waals surface area contributed by atoms with Crippen molar-refractivity contribution in [2.75, 3.05) is 18.4 Å². The summed E-state index contributed by atoms with van der Waals surface area (Å²) in [5.41, 5.74) is 7.29. The summed E-state index contributed by atoms with van der Waals surface area (Å²) >= 11 is 0. The second kappa shape index (κ2) is 7.50. The number of nitrogens with two attached hydrogens (primary N) is 1. The van der Waals surface area contributed by atoms with Gasteiger partial charge in [0.25, 0.3) is 0 Å². The van der Waals surface area contributed by atoms with Crippen LogP contribution in [0, 0.1) is 5.82 Å². The molecule has 0 aliphatic rings. The van der Waals surface area contributed by atoms with Crippen molar-refractivity contribution in [3.63, 3.8) is 0 Å². The van der Waals surface area contributed by atoms with E-state index in [9.17, 15) is 4.39 Å². The molecule has 0 saturated heterocycles. The Morgan fingerprint density at radius 3 is 2.60 bits per heavy atom. The van der Waals surface area contributed by atoms with Crippen LogP contribution in [0.25, 0.3) is 0 Å². The van der Waals surface area contributed by atoms with Crippen LogP contribution in [-0.2, 0) is 6.61 Å². The Bertz CT molecular complexity index is 528. The van der Waals surface area contributed by atoms with Gasteiger partial charge < -0.3 is 15.8 Å². The molecule has 0 aromatic heterocycles. The van der Waals surface area contributed by atoms with Crippen molar-refractivity contribution in [3.05, 3.63) is 59.9 Å². The predicted molar refractivity (Wildman–Crippen MR) is 79.3 cm³/mol. The highest BCUT2D eigenvalue weighted by Gasteiger charge is 1.98. The Kier molecular flexibility index (Phi) is 5.38. The fraction of sp³-hybridized carbons (Fsp3) is 0.250. The topological polar surface area (TPSA) is 47.3 Å². The number of halogens is 1. The molecule has 3 N–H and O–H groups in total. The Hall–Kier alpha value is -2.07. The normalized spacial score (nSPS) is 10.3. The van der Waals surface area contributed by atoms with Gasteiger partial charge in [0.05, 0.1) is 0 Å². The molecule has 0 atom stereocenters. The summed E-state index contributed by atoms with van der Waals surface area (Å²) in [4.78, 5) is 0. The number of rotatable bonds is 7. The third-order valence-corrected chi connectivity index (χ3v) is 2.86. The molecule has 3 nitrogen and oxygen atoms in total. The number of ether oxygens (including phenoxy) is 1. The number of anilines is 1. The van der Waals surface area contributed by atoms with E-state index in [0.29, 0.717) is 13.2 Å².